The first-order chi connectivity index (χ1) is 10.2. The van der Waals surface area contributed by atoms with Crippen molar-refractivity contribution in [2.75, 3.05) is 18.4 Å². The van der Waals surface area contributed by atoms with Crippen LogP contribution in [0.2, 0.25) is 0 Å². The summed E-state index contributed by atoms with van der Waals surface area (Å²) in [5.41, 5.74) is 2.01. The Morgan fingerprint density at radius 3 is 3.05 bits per heavy atom. The molecular weight excluding hydrogens is 271 g/mol. The third kappa shape index (κ3) is 3.11. The van der Waals surface area contributed by atoms with Gasteiger partial charge in [-0.1, -0.05) is 18.2 Å². The maximum Gasteiger partial charge on any atom is 0.228 e. The van der Waals surface area contributed by atoms with Crippen molar-refractivity contribution in [3.05, 3.63) is 47.5 Å². The molecule has 21 heavy (non-hydrogen) atoms. The Morgan fingerprint density at radius 2 is 2.29 bits per heavy atom. The highest BCUT2D eigenvalue weighted by Gasteiger charge is 2.22. The highest BCUT2D eigenvalue weighted by atomic mass is 19.1. The largest absolute Gasteiger partial charge is 0.323 e. The fraction of sp³-hybridized carbons (Fsp3) is 0.333. The molecule has 1 unspecified atom stereocenters. The van der Waals surface area contributed by atoms with Crippen molar-refractivity contribution < 1.29 is 9.18 Å². The third-order valence-electron chi connectivity index (χ3n) is 3.72. The lowest BCUT2D eigenvalue weighted by Crippen LogP contribution is -2.17. The summed E-state index contributed by atoms with van der Waals surface area (Å²) < 4.78 is 13.5. The normalized spacial score (nSPS) is 17.9. The Kier molecular flexibility index (Phi) is 3.96. The Hall–Kier alpha value is -2.21. The second-order valence-electron chi connectivity index (χ2n) is 5.20. The number of benzene rings is 1. The molecule has 0 spiro atoms. The number of carbonyl (C=O) groups excluding carboxylic acids is 1. The molecule has 1 aliphatic rings. The Morgan fingerprint density at radius 1 is 1.43 bits per heavy atom. The molecule has 0 saturated carbocycles. The SMILES string of the molecule is O=C(Cc1ccccc1F)Nc1cn[nH]c1C1CCNC1. The minimum absolute atomic E-state index is 0.0141. The van der Waals surface area contributed by atoms with E-state index in [1.54, 1.807) is 24.4 Å². The summed E-state index contributed by atoms with van der Waals surface area (Å²) in [6.07, 6.45) is 2.63. The van der Waals surface area contributed by atoms with E-state index < -0.39 is 0 Å². The number of halogens is 1. The fourth-order valence-electron chi connectivity index (χ4n) is 2.62. The highest BCUT2D eigenvalue weighted by molar-refractivity contribution is 5.92. The zero-order chi connectivity index (χ0) is 14.7. The van der Waals surface area contributed by atoms with Gasteiger partial charge in [0, 0.05) is 12.5 Å². The van der Waals surface area contributed by atoms with Crippen LogP contribution in [0.25, 0.3) is 0 Å². The van der Waals surface area contributed by atoms with Crippen molar-refractivity contribution in [2.45, 2.75) is 18.8 Å². The number of amides is 1. The van der Waals surface area contributed by atoms with Crippen LogP contribution in [0.5, 0.6) is 0 Å². The summed E-state index contributed by atoms with van der Waals surface area (Å²) in [4.78, 5) is 12.1. The van der Waals surface area contributed by atoms with Gasteiger partial charge in [0.25, 0.3) is 0 Å². The molecule has 3 N–H and O–H groups in total. The van der Waals surface area contributed by atoms with Crippen LogP contribution in [0, 0.1) is 5.82 Å². The van der Waals surface area contributed by atoms with Gasteiger partial charge in [0.2, 0.25) is 5.91 Å². The van der Waals surface area contributed by atoms with Gasteiger partial charge in [-0.25, -0.2) is 4.39 Å². The number of rotatable bonds is 4. The van der Waals surface area contributed by atoms with E-state index in [9.17, 15) is 9.18 Å². The highest BCUT2D eigenvalue weighted by Crippen LogP contribution is 2.26. The second kappa shape index (κ2) is 6.05. The van der Waals surface area contributed by atoms with E-state index in [0.717, 1.165) is 25.2 Å². The lowest BCUT2D eigenvalue weighted by Gasteiger charge is -2.10. The Labute approximate surface area is 121 Å². The number of anilines is 1. The van der Waals surface area contributed by atoms with Gasteiger partial charge in [-0.15, -0.1) is 0 Å². The monoisotopic (exact) mass is 288 g/mol. The van der Waals surface area contributed by atoms with E-state index in [1.807, 2.05) is 0 Å². The Balaban J connectivity index is 1.68. The third-order valence-corrected chi connectivity index (χ3v) is 3.72. The standard InChI is InChI=1S/C15H17FN4O/c16-12-4-2-1-3-10(12)7-14(21)19-13-9-18-20-15(13)11-5-6-17-8-11/h1-4,9,11,17H,5-8H2,(H,18,20)(H,19,21). The molecule has 0 bridgehead atoms. The lowest BCUT2D eigenvalue weighted by atomic mass is 10.0. The fourth-order valence-corrected chi connectivity index (χ4v) is 2.62. The van der Waals surface area contributed by atoms with Crippen LogP contribution in [-0.4, -0.2) is 29.2 Å². The van der Waals surface area contributed by atoms with Crippen molar-refractivity contribution in [2.24, 2.45) is 0 Å². The minimum atomic E-state index is -0.361. The molecule has 110 valence electrons. The summed E-state index contributed by atoms with van der Waals surface area (Å²) in [6.45, 7) is 1.84. The van der Waals surface area contributed by atoms with E-state index in [4.69, 9.17) is 0 Å². The molecule has 1 amide bonds. The molecule has 6 heteroatoms. The molecule has 1 aromatic heterocycles. The van der Waals surface area contributed by atoms with Gasteiger partial charge in [0.15, 0.2) is 0 Å². The predicted octanol–water partition coefficient (Wildman–Crippen LogP) is 1.81. The van der Waals surface area contributed by atoms with Crippen LogP contribution in [0.1, 0.15) is 23.6 Å². The molecule has 3 rings (SSSR count). The van der Waals surface area contributed by atoms with Crippen molar-refractivity contribution >= 4 is 11.6 Å². The van der Waals surface area contributed by atoms with Gasteiger partial charge in [-0.05, 0) is 24.6 Å². The number of H-pyrrole nitrogens is 1. The molecule has 1 saturated heterocycles. The number of aromatic amines is 1. The summed E-state index contributed by atoms with van der Waals surface area (Å²) in [7, 11) is 0. The predicted molar refractivity (Wildman–Crippen MR) is 77.5 cm³/mol. The minimum Gasteiger partial charge on any atom is -0.323 e. The second-order valence-corrected chi connectivity index (χ2v) is 5.20. The van der Waals surface area contributed by atoms with Crippen LogP contribution in [0.4, 0.5) is 10.1 Å². The number of nitrogens with one attached hydrogen (secondary N) is 3. The van der Waals surface area contributed by atoms with E-state index >= 15 is 0 Å². The van der Waals surface area contributed by atoms with Crippen molar-refractivity contribution in [3.8, 4) is 0 Å². The molecule has 2 heterocycles. The first-order valence-electron chi connectivity index (χ1n) is 7.01. The van der Waals surface area contributed by atoms with Gasteiger partial charge in [0.05, 0.1) is 24.0 Å². The molecule has 0 radical (unpaired) electrons. The maximum absolute atomic E-state index is 13.5. The number of carbonyl (C=O) groups is 1. The molecule has 1 aliphatic heterocycles. The molecular formula is C15H17FN4O. The van der Waals surface area contributed by atoms with Gasteiger partial charge < -0.3 is 10.6 Å². The average molecular weight is 288 g/mol. The quantitative estimate of drug-likeness (QED) is 0.803. The summed E-state index contributed by atoms with van der Waals surface area (Å²) >= 11 is 0. The molecule has 0 aliphatic carbocycles. The van der Waals surface area contributed by atoms with Crippen LogP contribution >= 0.6 is 0 Å². The van der Waals surface area contributed by atoms with E-state index in [-0.39, 0.29) is 18.1 Å². The summed E-state index contributed by atoms with van der Waals surface area (Å²) in [6, 6.07) is 6.30. The number of aromatic nitrogens is 2. The zero-order valence-electron chi connectivity index (χ0n) is 11.5. The molecule has 5 nitrogen and oxygen atoms in total. The average Bonchev–Trinajstić information content (AvgIpc) is 3.11. The molecule has 1 fully saturated rings. The Bertz CT molecular complexity index is 634. The first-order valence-corrected chi connectivity index (χ1v) is 7.01. The van der Waals surface area contributed by atoms with Crippen molar-refractivity contribution in [1.82, 2.24) is 15.5 Å². The topological polar surface area (TPSA) is 69.8 Å². The number of nitrogens with zero attached hydrogens (tertiary/aromatic N) is 1. The smallest absolute Gasteiger partial charge is 0.228 e. The van der Waals surface area contributed by atoms with E-state index in [0.29, 0.717) is 17.2 Å². The van der Waals surface area contributed by atoms with Gasteiger partial charge >= 0.3 is 0 Å². The van der Waals surface area contributed by atoms with Crippen LogP contribution in [-0.2, 0) is 11.2 Å². The summed E-state index contributed by atoms with van der Waals surface area (Å²) in [5, 5.41) is 13.0. The molecule has 1 atom stereocenters. The van der Waals surface area contributed by atoms with Crippen LogP contribution in [0.15, 0.2) is 30.5 Å². The first kappa shape index (κ1) is 13.8. The molecule has 1 aromatic carbocycles. The van der Waals surface area contributed by atoms with Crippen molar-refractivity contribution in [1.29, 1.82) is 0 Å². The maximum atomic E-state index is 13.5. The van der Waals surface area contributed by atoms with Gasteiger partial charge in [0.1, 0.15) is 5.82 Å². The number of hydrogen-bond donors (Lipinski definition) is 3. The number of hydrogen-bond acceptors (Lipinski definition) is 3. The van der Waals surface area contributed by atoms with Crippen LogP contribution < -0.4 is 10.6 Å². The van der Waals surface area contributed by atoms with Gasteiger partial charge in [-0.2, -0.15) is 5.10 Å². The van der Waals surface area contributed by atoms with Crippen LogP contribution in [0.3, 0.4) is 0 Å². The van der Waals surface area contributed by atoms with E-state index in [1.165, 1.54) is 6.07 Å². The zero-order valence-corrected chi connectivity index (χ0v) is 11.5. The van der Waals surface area contributed by atoms with Gasteiger partial charge in [-0.3, -0.25) is 9.89 Å². The summed E-state index contributed by atoms with van der Waals surface area (Å²) in [5.74, 6) is -0.273. The van der Waals surface area contributed by atoms with Crippen molar-refractivity contribution in [3.63, 3.8) is 0 Å². The molecule has 2 aromatic rings. The lowest BCUT2D eigenvalue weighted by molar-refractivity contribution is -0.115. The van der Waals surface area contributed by atoms with E-state index in [2.05, 4.69) is 20.8 Å².